The van der Waals surface area contributed by atoms with Crippen LogP contribution in [0.25, 0.3) is 88.4 Å². The van der Waals surface area contributed by atoms with Crippen molar-refractivity contribution in [3.05, 3.63) is 157 Å². The normalized spacial score (nSPS) is 11.5. The van der Waals surface area contributed by atoms with Crippen LogP contribution in [-0.2, 0) is 0 Å². The summed E-state index contributed by atoms with van der Waals surface area (Å²) in [4.78, 5) is 0. The largest absolute Gasteiger partial charge is 0.456 e. The highest BCUT2D eigenvalue weighted by Gasteiger charge is 2.14. The maximum Gasteiger partial charge on any atom is 0.135 e. The van der Waals surface area contributed by atoms with Gasteiger partial charge in [0.25, 0.3) is 0 Å². The van der Waals surface area contributed by atoms with Gasteiger partial charge in [-0.15, -0.1) is 0 Å². The first kappa shape index (κ1) is 26.1. The topological polar surface area (TPSA) is 50.1 Å². The molecular formula is C43H25NO2. The van der Waals surface area contributed by atoms with Crippen LogP contribution in [0.5, 0.6) is 0 Å². The predicted octanol–water partition coefficient (Wildman–Crippen LogP) is 12.0. The fourth-order valence-corrected chi connectivity index (χ4v) is 6.55. The van der Waals surface area contributed by atoms with Crippen LogP contribution in [0.3, 0.4) is 0 Å². The molecule has 0 radical (unpaired) electrons. The van der Waals surface area contributed by atoms with Gasteiger partial charge in [-0.05, 0) is 117 Å². The second-order valence-electron chi connectivity index (χ2n) is 11.7. The summed E-state index contributed by atoms with van der Waals surface area (Å²) in [6.07, 6.45) is 0. The Hall–Kier alpha value is -6.37. The molecule has 214 valence electrons. The molecule has 46 heavy (non-hydrogen) atoms. The lowest BCUT2D eigenvalue weighted by Crippen LogP contribution is -1.87. The van der Waals surface area contributed by atoms with Gasteiger partial charge in [0.15, 0.2) is 0 Å². The molecule has 7 aromatic carbocycles. The maximum atomic E-state index is 9.27. The average Bonchev–Trinajstić information content (AvgIpc) is 3.69. The zero-order valence-corrected chi connectivity index (χ0v) is 24.7. The standard InChI is InChI=1S/C43H25NO2/c44-26-27-12-14-28(15-13-27)29-6-5-7-30(20-29)33-21-34(31-16-18-42-38(24-31)36-8-1-3-10-40(36)45-42)23-35(22-33)32-17-19-43-39(25-32)37-9-2-4-11-41(37)46-43/h1-25H. The van der Waals surface area contributed by atoms with Crippen LogP contribution in [0.2, 0.25) is 0 Å². The lowest BCUT2D eigenvalue weighted by molar-refractivity contribution is 0.668. The average molecular weight is 588 g/mol. The van der Waals surface area contributed by atoms with Crippen molar-refractivity contribution in [1.82, 2.24) is 0 Å². The van der Waals surface area contributed by atoms with E-state index in [1.165, 1.54) is 0 Å². The van der Waals surface area contributed by atoms with E-state index in [1.54, 1.807) is 0 Å². The number of hydrogen-bond acceptors (Lipinski definition) is 3. The van der Waals surface area contributed by atoms with E-state index in [9.17, 15) is 5.26 Å². The molecule has 0 spiro atoms. The Labute approximate surface area is 265 Å². The Bertz CT molecular complexity index is 2520. The molecule has 0 saturated carbocycles. The second-order valence-corrected chi connectivity index (χ2v) is 11.7. The van der Waals surface area contributed by atoms with Gasteiger partial charge in [0, 0.05) is 21.5 Å². The molecule has 0 atom stereocenters. The molecule has 0 bridgehead atoms. The van der Waals surface area contributed by atoms with Gasteiger partial charge in [-0.2, -0.15) is 5.26 Å². The van der Waals surface area contributed by atoms with Crippen molar-refractivity contribution < 1.29 is 8.83 Å². The summed E-state index contributed by atoms with van der Waals surface area (Å²) >= 11 is 0. The summed E-state index contributed by atoms with van der Waals surface area (Å²) < 4.78 is 12.3. The Kier molecular flexibility index (Phi) is 5.88. The molecule has 9 rings (SSSR count). The van der Waals surface area contributed by atoms with Crippen molar-refractivity contribution in [2.45, 2.75) is 0 Å². The molecule has 9 aromatic rings. The van der Waals surface area contributed by atoms with Crippen LogP contribution in [-0.4, -0.2) is 0 Å². The van der Waals surface area contributed by atoms with E-state index in [0.717, 1.165) is 88.4 Å². The first-order chi connectivity index (χ1) is 22.7. The number of benzene rings is 7. The molecule has 0 N–H and O–H groups in total. The highest BCUT2D eigenvalue weighted by atomic mass is 16.3. The molecule has 2 aromatic heterocycles. The zero-order valence-electron chi connectivity index (χ0n) is 24.7. The van der Waals surface area contributed by atoms with Crippen molar-refractivity contribution in [2.75, 3.05) is 0 Å². The first-order valence-electron chi connectivity index (χ1n) is 15.3. The SMILES string of the molecule is N#Cc1ccc(-c2cccc(-c3cc(-c4ccc5oc6ccccc6c5c4)cc(-c4ccc5oc6ccccc6c5c4)c3)c2)cc1. The molecule has 0 saturated heterocycles. The Morgan fingerprint density at radius 3 is 1.26 bits per heavy atom. The van der Waals surface area contributed by atoms with Crippen LogP contribution < -0.4 is 0 Å². The fourth-order valence-electron chi connectivity index (χ4n) is 6.55. The van der Waals surface area contributed by atoms with Crippen molar-refractivity contribution in [3.8, 4) is 50.6 Å². The van der Waals surface area contributed by atoms with E-state index in [0.29, 0.717) is 5.56 Å². The lowest BCUT2D eigenvalue weighted by Gasteiger charge is -2.13. The van der Waals surface area contributed by atoms with Crippen LogP contribution >= 0.6 is 0 Å². The molecule has 0 aliphatic heterocycles. The van der Waals surface area contributed by atoms with Crippen LogP contribution in [0.15, 0.2) is 160 Å². The second kappa shape index (κ2) is 10.4. The predicted molar refractivity (Wildman–Crippen MR) is 187 cm³/mol. The molecule has 0 aliphatic carbocycles. The number of rotatable bonds is 4. The quantitative estimate of drug-likeness (QED) is 0.206. The van der Waals surface area contributed by atoms with Crippen molar-refractivity contribution in [2.24, 2.45) is 0 Å². The van der Waals surface area contributed by atoms with E-state index >= 15 is 0 Å². The zero-order chi connectivity index (χ0) is 30.6. The van der Waals surface area contributed by atoms with Gasteiger partial charge in [-0.1, -0.05) is 78.9 Å². The molecule has 3 heteroatoms. The summed E-state index contributed by atoms with van der Waals surface area (Å²) in [7, 11) is 0. The fraction of sp³-hybridized carbons (Fsp3) is 0. The third-order valence-corrected chi connectivity index (χ3v) is 8.90. The van der Waals surface area contributed by atoms with Gasteiger partial charge in [-0.3, -0.25) is 0 Å². The van der Waals surface area contributed by atoms with E-state index < -0.39 is 0 Å². The maximum absolute atomic E-state index is 9.27. The molecular weight excluding hydrogens is 562 g/mol. The molecule has 2 heterocycles. The first-order valence-corrected chi connectivity index (χ1v) is 15.3. The third-order valence-electron chi connectivity index (χ3n) is 8.90. The van der Waals surface area contributed by atoms with Gasteiger partial charge in [0.05, 0.1) is 11.6 Å². The summed E-state index contributed by atoms with van der Waals surface area (Å²) in [6, 6.07) is 54.7. The number of hydrogen-bond donors (Lipinski definition) is 0. The van der Waals surface area contributed by atoms with Gasteiger partial charge < -0.3 is 8.83 Å². The number of fused-ring (bicyclic) bond motifs is 6. The third kappa shape index (κ3) is 4.36. The molecule has 0 amide bonds. The molecule has 0 unspecified atom stereocenters. The van der Waals surface area contributed by atoms with E-state index in [2.05, 4.69) is 109 Å². The molecule has 0 aliphatic rings. The van der Waals surface area contributed by atoms with Gasteiger partial charge >= 0.3 is 0 Å². The summed E-state index contributed by atoms with van der Waals surface area (Å²) in [5.74, 6) is 0. The number of nitrogens with zero attached hydrogens (tertiary/aromatic N) is 1. The molecule has 0 fully saturated rings. The van der Waals surface area contributed by atoms with Crippen LogP contribution in [0.1, 0.15) is 5.56 Å². The summed E-state index contributed by atoms with van der Waals surface area (Å²) in [5, 5.41) is 13.7. The van der Waals surface area contributed by atoms with Crippen LogP contribution in [0, 0.1) is 11.3 Å². The number of furan rings is 2. The van der Waals surface area contributed by atoms with Crippen molar-refractivity contribution >= 4 is 43.9 Å². The van der Waals surface area contributed by atoms with Gasteiger partial charge in [-0.25, -0.2) is 0 Å². The van der Waals surface area contributed by atoms with Crippen molar-refractivity contribution in [3.63, 3.8) is 0 Å². The van der Waals surface area contributed by atoms with E-state index in [4.69, 9.17) is 8.83 Å². The minimum absolute atomic E-state index is 0.655. The minimum Gasteiger partial charge on any atom is -0.456 e. The molecule has 3 nitrogen and oxygen atoms in total. The highest BCUT2D eigenvalue weighted by Crippen LogP contribution is 2.39. The van der Waals surface area contributed by atoms with Gasteiger partial charge in [0.2, 0.25) is 0 Å². The summed E-state index contributed by atoms with van der Waals surface area (Å²) in [5.41, 5.74) is 13.1. The Morgan fingerprint density at radius 2 is 0.739 bits per heavy atom. The minimum atomic E-state index is 0.655. The summed E-state index contributed by atoms with van der Waals surface area (Å²) in [6.45, 7) is 0. The Balaban J connectivity index is 1.24. The smallest absolute Gasteiger partial charge is 0.135 e. The number of nitriles is 1. The van der Waals surface area contributed by atoms with E-state index in [-0.39, 0.29) is 0 Å². The van der Waals surface area contributed by atoms with Crippen molar-refractivity contribution in [1.29, 1.82) is 5.26 Å². The van der Waals surface area contributed by atoms with Crippen LogP contribution in [0.4, 0.5) is 0 Å². The lowest BCUT2D eigenvalue weighted by atomic mass is 9.91. The van der Waals surface area contributed by atoms with E-state index in [1.807, 2.05) is 48.5 Å². The monoisotopic (exact) mass is 587 g/mol. The highest BCUT2D eigenvalue weighted by molar-refractivity contribution is 6.07. The Morgan fingerprint density at radius 1 is 0.326 bits per heavy atom. The number of para-hydroxylation sites is 2. The van der Waals surface area contributed by atoms with Gasteiger partial charge in [0.1, 0.15) is 22.3 Å².